The molecule has 2 heteroatoms. The lowest BCUT2D eigenvalue weighted by atomic mass is 9.87. The fraction of sp³-hybridized carbons (Fsp3) is 1.00. The Balaban J connectivity index is 1.81. The average molecular weight is 253 g/mol. The van der Waals surface area contributed by atoms with Crippen LogP contribution in [0.4, 0.5) is 0 Å². The van der Waals surface area contributed by atoms with Crippen LogP contribution in [0, 0.1) is 5.92 Å². The molecule has 2 fully saturated rings. The molecule has 3 unspecified atom stereocenters. The molecule has 18 heavy (non-hydrogen) atoms. The lowest BCUT2D eigenvalue weighted by molar-refractivity contribution is 0.0347. The van der Waals surface area contributed by atoms with Crippen LogP contribution in [0.1, 0.15) is 71.1 Å². The molecule has 0 aromatic heterocycles. The van der Waals surface area contributed by atoms with Gasteiger partial charge in [-0.25, -0.2) is 0 Å². The van der Waals surface area contributed by atoms with E-state index in [-0.39, 0.29) is 6.10 Å². The van der Waals surface area contributed by atoms with Gasteiger partial charge in [0.25, 0.3) is 0 Å². The van der Waals surface area contributed by atoms with Gasteiger partial charge in [0.15, 0.2) is 0 Å². The van der Waals surface area contributed by atoms with Crippen molar-refractivity contribution in [2.24, 2.45) is 5.92 Å². The van der Waals surface area contributed by atoms with Crippen molar-refractivity contribution >= 4 is 0 Å². The van der Waals surface area contributed by atoms with Crippen LogP contribution in [0.3, 0.4) is 0 Å². The van der Waals surface area contributed by atoms with Gasteiger partial charge in [-0.05, 0) is 45.2 Å². The van der Waals surface area contributed by atoms with Crippen molar-refractivity contribution < 1.29 is 5.11 Å². The first-order chi connectivity index (χ1) is 8.83. The summed E-state index contributed by atoms with van der Waals surface area (Å²) in [5, 5.41) is 10.1. The van der Waals surface area contributed by atoms with Crippen LogP contribution < -0.4 is 0 Å². The minimum atomic E-state index is -0.00811. The molecule has 2 nitrogen and oxygen atoms in total. The molecule has 0 aromatic rings. The van der Waals surface area contributed by atoms with Crippen LogP contribution in [0.25, 0.3) is 0 Å². The van der Waals surface area contributed by atoms with E-state index in [0.717, 1.165) is 6.42 Å². The van der Waals surface area contributed by atoms with Crippen molar-refractivity contribution in [3.05, 3.63) is 0 Å². The third kappa shape index (κ3) is 3.71. The fourth-order valence-corrected chi connectivity index (χ4v) is 3.94. The van der Waals surface area contributed by atoms with Crippen LogP contribution in [-0.2, 0) is 0 Å². The zero-order chi connectivity index (χ0) is 12.8. The molecule has 1 aliphatic carbocycles. The predicted octanol–water partition coefficient (Wildman–Crippen LogP) is 3.58. The van der Waals surface area contributed by atoms with Gasteiger partial charge in [0, 0.05) is 12.0 Å². The molecule has 3 atom stereocenters. The van der Waals surface area contributed by atoms with Gasteiger partial charge in [-0.15, -0.1) is 0 Å². The molecule has 1 saturated carbocycles. The van der Waals surface area contributed by atoms with Crippen LogP contribution in [0.5, 0.6) is 0 Å². The van der Waals surface area contributed by atoms with Crippen molar-refractivity contribution in [3.63, 3.8) is 0 Å². The number of aliphatic hydroxyl groups is 1. The summed E-state index contributed by atoms with van der Waals surface area (Å²) >= 11 is 0. The third-order valence-corrected chi connectivity index (χ3v) is 4.99. The van der Waals surface area contributed by atoms with E-state index in [1.807, 2.05) is 0 Å². The minimum absolute atomic E-state index is 0.00811. The molecular weight excluding hydrogens is 222 g/mol. The largest absolute Gasteiger partial charge is 0.393 e. The number of piperidine rings is 1. The normalized spacial score (nSPS) is 34.0. The smallest absolute Gasteiger partial charge is 0.0583 e. The number of rotatable bonds is 6. The summed E-state index contributed by atoms with van der Waals surface area (Å²) in [5.41, 5.74) is 0. The molecule has 1 saturated heterocycles. The highest BCUT2D eigenvalue weighted by molar-refractivity contribution is 4.90. The number of unbranched alkanes of at least 4 members (excludes halogenated alkanes) is 3. The van der Waals surface area contributed by atoms with E-state index in [4.69, 9.17) is 0 Å². The summed E-state index contributed by atoms with van der Waals surface area (Å²) in [6, 6.07) is 0.692. The SMILES string of the molecule is CCCCCCN1CCCCC1C1CCCC1O. The Morgan fingerprint density at radius 1 is 1.00 bits per heavy atom. The second kappa shape index (κ2) is 7.49. The first kappa shape index (κ1) is 14.3. The number of aliphatic hydroxyl groups excluding tert-OH is 1. The Bertz CT molecular complexity index is 231. The lowest BCUT2D eigenvalue weighted by Gasteiger charge is -2.40. The molecule has 2 aliphatic rings. The van der Waals surface area contributed by atoms with Crippen LogP contribution in [-0.4, -0.2) is 35.2 Å². The highest BCUT2D eigenvalue weighted by Crippen LogP contribution is 2.35. The van der Waals surface area contributed by atoms with Gasteiger partial charge >= 0.3 is 0 Å². The molecule has 1 N–H and O–H groups in total. The monoisotopic (exact) mass is 253 g/mol. The van der Waals surface area contributed by atoms with Crippen LogP contribution in [0.15, 0.2) is 0 Å². The Kier molecular flexibility index (Phi) is 5.97. The summed E-state index contributed by atoms with van der Waals surface area (Å²) in [6.45, 7) is 4.83. The van der Waals surface area contributed by atoms with Gasteiger partial charge in [-0.3, -0.25) is 0 Å². The number of nitrogens with zero attached hydrogens (tertiary/aromatic N) is 1. The first-order valence-electron chi connectivity index (χ1n) is 8.25. The number of hydrogen-bond acceptors (Lipinski definition) is 2. The van der Waals surface area contributed by atoms with Gasteiger partial charge in [-0.2, -0.15) is 0 Å². The summed E-state index contributed by atoms with van der Waals surface area (Å²) in [7, 11) is 0. The van der Waals surface area contributed by atoms with Crippen molar-refractivity contribution in [1.29, 1.82) is 0 Å². The van der Waals surface area contributed by atoms with Crippen LogP contribution >= 0.6 is 0 Å². The average Bonchev–Trinajstić information content (AvgIpc) is 2.81. The maximum atomic E-state index is 10.1. The summed E-state index contributed by atoms with van der Waals surface area (Å²) in [5.74, 6) is 0.580. The van der Waals surface area contributed by atoms with E-state index >= 15 is 0 Å². The van der Waals surface area contributed by atoms with Crippen molar-refractivity contribution in [2.45, 2.75) is 83.3 Å². The molecule has 0 amide bonds. The standard InChI is InChI=1S/C16H31NO/c1-2-3-4-6-12-17-13-7-5-10-15(17)14-9-8-11-16(14)18/h14-16,18H,2-13H2,1H3. The van der Waals surface area contributed by atoms with E-state index in [0.29, 0.717) is 12.0 Å². The van der Waals surface area contributed by atoms with Gasteiger partial charge in [0.2, 0.25) is 0 Å². The van der Waals surface area contributed by atoms with Crippen molar-refractivity contribution in [3.8, 4) is 0 Å². The maximum Gasteiger partial charge on any atom is 0.0583 e. The summed E-state index contributed by atoms with van der Waals surface area (Å²) in [4.78, 5) is 2.71. The molecule has 1 aliphatic heterocycles. The topological polar surface area (TPSA) is 23.5 Å². The van der Waals surface area contributed by atoms with E-state index in [1.54, 1.807) is 0 Å². The zero-order valence-electron chi connectivity index (χ0n) is 12.1. The highest BCUT2D eigenvalue weighted by atomic mass is 16.3. The number of likely N-dealkylation sites (tertiary alicyclic amines) is 1. The van der Waals surface area contributed by atoms with Gasteiger partial charge in [0.1, 0.15) is 0 Å². The number of hydrogen-bond donors (Lipinski definition) is 1. The highest BCUT2D eigenvalue weighted by Gasteiger charge is 2.36. The first-order valence-corrected chi connectivity index (χ1v) is 8.25. The predicted molar refractivity (Wildman–Crippen MR) is 76.7 cm³/mol. The second-order valence-electron chi connectivity index (χ2n) is 6.32. The molecule has 0 radical (unpaired) electrons. The minimum Gasteiger partial charge on any atom is -0.393 e. The fourth-order valence-electron chi connectivity index (χ4n) is 3.94. The Labute approximate surface area is 113 Å². The van der Waals surface area contributed by atoms with Gasteiger partial charge < -0.3 is 10.0 Å². The van der Waals surface area contributed by atoms with Crippen LogP contribution in [0.2, 0.25) is 0 Å². The lowest BCUT2D eigenvalue weighted by Crippen LogP contribution is -2.46. The van der Waals surface area contributed by atoms with E-state index in [2.05, 4.69) is 11.8 Å². The molecule has 0 aromatic carbocycles. The Morgan fingerprint density at radius 2 is 1.89 bits per heavy atom. The third-order valence-electron chi connectivity index (χ3n) is 4.99. The second-order valence-corrected chi connectivity index (χ2v) is 6.32. The zero-order valence-corrected chi connectivity index (χ0v) is 12.1. The van der Waals surface area contributed by atoms with Gasteiger partial charge in [-0.1, -0.05) is 39.0 Å². The van der Waals surface area contributed by atoms with Crippen molar-refractivity contribution in [1.82, 2.24) is 4.90 Å². The van der Waals surface area contributed by atoms with E-state index in [1.165, 1.54) is 70.9 Å². The molecule has 0 spiro atoms. The van der Waals surface area contributed by atoms with Gasteiger partial charge in [0.05, 0.1) is 6.10 Å². The maximum absolute atomic E-state index is 10.1. The van der Waals surface area contributed by atoms with E-state index in [9.17, 15) is 5.11 Å². The van der Waals surface area contributed by atoms with E-state index < -0.39 is 0 Å². The quantitative estimate of drug-likeness (QED) is 0.731. The molecule has 2 rings (SSSR count). The van der Waals surface area contributed by atoms with Crippen molar-refractivity contribution in [2.75, 3.05) is 13.1 Å². The molecule has 0 bridgehead atoms. The summed E-state index contributed by atoms with van der Waals surface area (Å²) in [6.07, 6.45) is 13.1. The molecule has 106 valence electrons. The Morgan fingerprint density at radius 3 is 2.61 bits per heavy atom. The molecule has 1 heterocycles. The summed E-state index contributed by atoms with van der Waals surface area (Å²) < 4.78 is 0. The Hall–Kier alpha value is -0.0800. The molecular formula is C16H31NO.